The Morgan fingerprint density at radius 1 is 0.531 bits per heavy atom. The van der Waals surface area contributed by atoms with E-state index >= 15 is 0 Å². The summed E-state index contributed by atoms with van der Waals surface area (Å²) in [5.41, 5.74) is 3.65. The van der Waals surface area contributed by atoms with E-state index in [0.29, 0.717) is 5.40 Å². The SMILES string of the molecule is CN(C)NCC(P(c1ccccc1)c1ccccc1)P(c1ccccc1)c1ccccc1. The van der Waals surface area contributed by atoms with Crippen molar-refractivity contribution >= 4 is 37.1 Å². The number of benzene rings is 4. The van der Waals surface area contributed by atoms with Crippen LogP contribution < -0.4 is 26.6 Å². The van der Waals surface area contributed by atoms with Crippen LogP contribution in [0.4, 0.5) is 0 Å². The van der Waals surface area contributed by atoms with Crippen LogP contribution in [0.1, 0.15) is 0 Å². The van der Waals surface area contributed by atoms with Crippen LogP contribution >= 0.6 is 15.8 Å². The minimum Gasteiger partial charge on any atom is -0.255 e. The molecule has 4 aromatic rings. The molecule has 0 amide bonds. The highest BCUT2D eigenvalue weighted by atomic mass is 31.2. The van der Waals surface area contributed by atoms with Crippen LogP contribution in [0.25, 0.3) is 0 Å². The number of hydrazine groups is 1. The Morgan fingerprint density at radius 3 is 1.06 bits per heavy atom. The fraction of sp³-hybridized carbons (Fsp3) is 0.143. The molecule has 4 heteroatoms. The van der Waals surface area contributed by atoms with Gasteiger partial charge in [-0.2, -0.15) is 0 Å². The summed E-state index contributed by atoms with van der Waals surface area (Å²) in [6.07, 6.45) is 0. The number of rotatable bonds is 9. The van der Waals surface area contributed by atoms with Crippen LogP contribution in [0.5, 0.6) is 0 Å². The Bertz CT molecular complexity index is 896. The third kappa shape index (κ3) is 5.71. The molecular formula is C28H30N2P2. The van der Waals surface area contributed by atoms with Crippen molar-refractivity contribution in [2.24, 2.45) is 0 Å². The second-order valence-corrected chi connectivity index (χ2v) is 13.0. The van der Waals surface area contributed by atoms with Crippen LogP contribution in [0.2, 0.25) is 0 Å². The van der Waals surface area contributed by atoms with Gasteiger partial charge >= 0.3 is 0 Å². The lowest BCUT2D eigenvalue weighted by atomic mass is 10.4. The average Bonchev–Trinajstić information content (AvgIpc) is 2.85. The van der Waals surface area contributed by atoms with E-state index in [2.05, 4.69) is 146 Å². The van der Waals surface area contributed by atoms with Crippen LogP contribution in [-0.2, 0) is 0 Å². The summed E-state index contributed by atoms with van der Waals surface area (Å²) in [7, 11) is 2.98. The van der Waals surface area contributed by atoms with E-state index in [0.717, 1.165) is 6.54 Å². The van der Waals surface area contributed by atoms with Gasteiger partial charge in [0.2, 0.25) is 0 Å². The minimum atomic E-state index is -0.592. The molecule has 4 rings (SSSR count). The summed E-state index contributed by atoms with van der Waals surface area (Å²) >= 11 is 0. The third-order valence-corrected chi connectivity index (χ3v) is 11.7. The molecule has 0 aliphatic carbocycles. The van der Waals surface area contributed by atoms with Gasteiger partial charge in [-0.05, 0) is 37.1 Å². The zero-order chi connectivity index (χ0) is 22.2. The molecule has 0 aromatic heterocycles. The number of hydrogen-bond donors (Lipinski definition) is 1. The molecule has 0 atom stereocenters. The van der Waals surface area contributed by atoms with E-state index in [1.807, 2.05) is 0 Å². The molecule has 162 valence electrons. The topological polar surface area (TPSA) is 15.3 Å². The van der Waals surface area contributed by atoms with Gasteiger partial charge in [-0.25, -0.2) is 0 Å². The molecule has 0 heterocycles. The second kappa shape index (κ2) is 11.5. The van der Waals surface area contributed by atoms with Gasteiger partial charge in [0.25, 0.3) is 0 Å². The predicted molar refractivity (Wildman–Crippen MR) is 144 cm³/mol. The molecule has 0 saturated heterocycles. The van der Waals surface area contributed by atoms with Gasteiger partial charge in [-0.1, -0.05) is 121 Å². The maximum Gasteiger partial charge on any atom is 0.0293 e. The molecule has 2 nitrogen and oxygen atoms in total. The van der Waals surface area contributed by atoms with Gasteiger partial charge in [-0.15, -0.1) is 0 Å². The van der Waals surface area contributed by atoms with Gasteiger partial charge in [-0.3, -0.25) is 10.4 Å². The first-order valence-electron chi connectivity index (χ1n) is 10.9. The first-order chi connectivity index (χ1) is 15.7. The fourth-order valence-corrected chi connectivity index (χ4v) is 10.9. The van der Waals surface area contributed by atoms with Crippen molar-refractivity contribution in [2.45, 2.75) is 5.40 Å². The van der Waals surface area contributed by atoms with Crippen molar-refractivity contribution in [1.29, 1.82) is 0 Å². The van der Waals surface area contributed by atoms with Crippen LogP contribution in [0.3, 0.4) is 0 Å². The molecule has 0 aliphatic rings. The Labute approximate surface area is 194 Å². The molecule has 0 spiro atoms. The standard InChI is InChI=1S/C28H30N2P2/c1-30(2)29-23-28(31(24-15-7-3-8-16-24)25-17-9-4-10-18-25)32(26-19-11-5-12-20-26)27-21-13-6-14-22-27/h3-22,28-29H,23H2,1-2H3. The molecule has 1 N–H and O–H groups in total. The Balaban J connectivity index is 1.90. The lowest BCUT2D eigenvalue weighted by molar-refractivity contribution is 0.297. The lowest BCUT2D eigenvalue weighted by Gasteiger charge is -2.36. The Hall–Kier alpha value is -2.34. The highest BCUT2D eigenvalue weighted by Gasteiger charge is 2.33. The third-order valence-electron chi connectivity index (χ3n) is 5.32. The summed E-state index contributed by atoms with van der Waals surface area (Å²) < 4.78 is 0. The monoisotopic (exact) mass is 456 g/mol. The predicted octanol–water partition coefficient (Wildman–Crippen LogP) is 4.64. The lowest BCUT2D eigenvalue weighted by Crippen LogP contribution is -2.40. The van der Waals surface area contributed by atoms with E-state index in [4.69, 9.17) is 0 Å². The summed E-state index contributed by atoms with van der Waals surface area (Å²) in [5.74, 6) is 0. The van der Waals surface area contributed by atoms with Crippen molar-refractivity contribution < 1.29 is 0 Å². The van der Waals surface area contributed by atoms with Gasteiger partial charge in [0.1, 0.15) is 0 Å². The van der Waals surface area contributed by atoms with Crippen molar-refractivity contribution in [2.75, 3.05) is 20.6 Å². The smallest absolute Gasteiger partial charge is 0.0293 e. The Morgan fingerprint density at radius 2 is 0.812 bits per heavy atom. The van der Waals surface area contributed by atoms with E-state index in [1.54, 1.807) is 0 Å². The van der Waals surface area contributed by atoms with Crippen LogP contribution in [0.15, 0.2) is 121 Å². The fourth-order valence-electron chi connectivity index (χ4n) is 3.90. The van der Waals surface area contributed by atoms with E-state index in [-0.39, 0.29) is 0 Å². The molecule has 0 bridgehead atoms. The van der Waals surface area contributed by atoms with Gasteiger partial charge in [0.15, 0.2) is 0 Å². The largest absolute Gasteiger partial charge is 0.255 e. The zero-order valence-electron chi connectivity index (χ0n) is 18.7. The quantitative estimate of drug-likeness (QED) is 0.292. The first kappa shape index (κ1) is 22.8. The maximum absolute atomic E-state index is 3.65. The van der Waals surface area contributed by atoms with E-state index in [9.17, 15) is 0 Å². The zero-order valence-corrected chi connectivity index (χ0v) is 20.5. The summed E-state index contributed by atoms with van der Waals surface area (Å²) in [4.78, 5) is 0. The van der Waals surface area contributed by atoms with Gasteiger partial charge < -0.3 is 0 Å². The van der Waals surface area contributed by atoms with Gasteiger partial charge in [0.05, 0.1) is 0 Å². The Kier molecular flexibility index (Phi) is 8.21. The molecule has 0 unspecified atom stereocenters. The molecule has 0 saturated carbocycles. The maximum atomic E-state index is 3.65. The van der Waals surface area contributed by atoms with Crippen molar-refractivity contribution in [3.05, 3.63) is 121 Å². The van der Waals surface area contributed by atoms with Crippen molar-refractivity contribution in [3.63, 3.8) is 0 Å². The van der Waals surface area contributed by atoms with Crippen LogP contribution in [-0.4, -0.2) is 31.0 Å². The van der Waals surface area contributed by atoms with Gasteiger partial charge in [0, 0.05) is 26.0 Å². The molecule has 0 fully saturated rings. The molecule has 0 aliphatic heterocycles. The van der Waals surface area contributed by atoms with E-state index in [1.165, 1.54) is 21.2 Å². The minimum absolute atomic E-state index is 0.428. The first-order valence-corrected chi connectivity index (χ1v) is 13.8. The number of nitrogens with one attached hydrogen (secondary N) is 1. The molecule has 32 heavy (non-hydrogen) atoms. The average molecular weight is 457 g/mol. The number of nitrogens with zero attached hydrogens (tertiary/aromatic N) is 1. The van der Waals surface area contributed by atoms with Crippen molar-refractivity contribution in [1.82, 2.24) is 10.4 Å². The van der Waals surface area contributed by atoms with Crippen molar-refractivity contribution in [3.8, 4) is 0 Å². The highest BCUT2D eigenvalue weighted by Crippen LogP contribution is 2.55. The highest BCUT2D eigenvalue weighted by molar-refractivity contribution is 7.89. The summed E-state index contributed by atoms with van der Waals surface area (Å²) in [6, 6.07) is 44.4. The molecule has 4 aromatic carbocycles. The normalized spacial score (nSPS) is 11.6. The van der Waals surface area contributed by atoms with Crippen LogP contribution in [0, 0.1) is 0 Å². The molecule has 0 radical (unpaired) electrons. The summed E-state index contributed by atoms with van der Waals surface area (Å²) in [5, 5.41) is 8.23. The summed E-state index contributed by atoms with van der Waals surface area (Å²) in [6.45, 7) is 0.915. The molecular weight excluding hydrogens is 426 g/mol. The second-order valence-electron chi connectivity index (χ2n) is 7.82. The number of hydrogen-bond acceptors (Lipinski definition) is 2. The van der Waals surface area contributed by atoms with E-state index < -0.39 is 15.8 Å².